The van der Waals surface area contributed by atoms with Gasteiger partial charge in [-0.1, -0.05) is 74.0 Å². The first-order valence-corrected chi connectivity index (χ1v) is 10.5. The van der Waals surface area contributed by atoms with Crippen LogP contribution in [0.2, 0.25) is 0 Å². The van der Waals surface area contributed by atoms with Crippen LogP contribution in [0.15, 0.2) is 103 Å². The summed E-state index contributed by atoms with van der Waals surface area (Å²) in [5, 5.41) is 0. The lowest BCUT2D eigenvalue weighted by Crippen LogP contribution is -2.23. The maximum atomic E-state index is 6.05. The zero-order valence-electron chi connectivity index (χ0n) is 17.8. The number of aryl methyl sites for hydroxylation is 1. The SMILES string of the molecule is Cc1ccc(Oc2ccc(C(C)(C)C3=CCC(Oc4ccccc4)C=C3)cc2)cc1. The molecule has 0 aliphatic heterocycles. The van der Waals surface area contributed by atoms with Crippen molar-refractivity contribution in [3.63, 3.8) is 0 Å². The molecule has 0 saturated carbocycles. The Morgan fingerprint density at radius 1 is 0.767 bits per heavy atom. The van der Waals surface area contributed by atoms with Crippen LogP contribution in [0, 0.1) is 6.92 Å². The molecule has 0 spiro atoms. The molecule has 1 aliphatic carbocycles. The summed E-state index contributed by atoms with van der Waals surface area (Å²) in [6.45, 7) is 6.60. The number of ether oxygens (including phenoxy) is 2. The van der Waals surface area contributed by atoms with Gasteiger partial charge >= 0.3 is 0 Å². The van der Waals surface area contributed by atoms with E-state index in [2.05, 4.69) is 63.3 Å². The Morgan fingerprint density at radius 3 is 2.00 bits per heavy atom. The summed E-state index contributed by atoms with van der Waals surface area (Å²) in [5.74, 6) is 2.62. The highest BCUT2D eigenvalue weighted by Crippen LogP contribution is 2.36. The van der Waals surface area contributed by atoms with Crippen LogP contribution in [0.3, 0.4) is 0 Å². The second-order valence-corrected chi connectivity index (χ2v) is 8.29. The number of hydrogen-bond donors (Lipinski definition) is 0. The van der Waals surface area contributed by atoms with E-state index < -0.39 is 0 Å². The lowest BCUT2D eigenvalue weighted by atomic mass is 9.75. The van der Waals surface area contributed by atoms with Crippen LogP contribution in [0.25, 0.3) is 0 Å². The van der Waals surface area contributed by atoms with E-state index in [-0.39, 0.29) is 11.5 Å². The average molecular weight is 397 g/mol. The molecule has 1 unspecified atom stereocenters. The monoisotopic (exact) mass is 396 g/mol. The van der Waals surface area contributed by atoms with Crippen molar-refractivity contribution in [2.45, 2.75) is 38.7 Å². The Hall–Kier alpha value is -3.26. The van der Waals surface area contributed by atoms with Crippen molar-refractivity contribution < 1.29 is 9.47 Å². The van der Waals surface area contributed by atoms with Gasteiger partial charge in [-0.25, -0.2) is 0 Å². The van der Waals surface area contributed by atoms with Crippen LogP contribution >= 0.6 is 0 Å². The van der Waals surface area contributed by atoms with Crippen LogP contribution in [0.1, 0.15) is 31.4 Å². The first-order valence-electron chi connectivity index (χ1n) is 10.5. The van der Waals surface area contributed by atoms with Gasteiger partial charge in [0.15, 0.2) is 0 Å². The second-order valence-electron chi connectivity index (χ2n) is 8.29. The maximum Gasteiger partial charge on any atom is 0.127 e. The largest absolute Gasteiger partial charge is 0.486 e. The van der Waals surface area contributed by atoms with Gasteiger partial charge in [-0.05, 0) is 60.5 Å². The molecule has 2 nitrogen and oxygen atoms in total. The molecule has 3 aromatic carbocycles. The van der Waals surface area contributed by atoms with Gasteiger partial charge in [0.1, 0.15) is 23.4 Å². The molecule has 2 heteroatoms. The predicted molar refractivity (Wildman–Crippen MR) is 123 cm³/mol. The van der Waals surface area contributed by atoms with Crippen LogP contribution in [0.5, 0.6) is 17.2 Å². The molecule has 0 heterocycles. The maximum absolute atomic E-state index is 6.05. The van der Waals surface area contributed by atoms with Gasteiger partial charge in [0, 0.05) is 11.8 Å². The molecule has 152 valence electrons. The predicted octanol–water partition coefficient (Wildman–Crippen LogP) is 7.40. The van der Waals surface area contributed by atoms with Gasteiger partial charge in [0.25, 0.3) is 0 Å². The quantitative estimate of drug-likeness (QED) is 0.432. The van der Waals surface area contributed by atoms with Crippen molar-refractivity contribution in [1.82, 2.24) is 0 Å². The molecule has 3 aromatic rings. The molecule has 0 saturated heterocycles. The third-order valence-electron chi connectivity index (χ3n) is 5.65. The van der Waals surface area contributed by atoms with Crippen molar-refractivity contribution in [2.24, 2.45) is 0 Å². The molecular weight excluding hydrogens is 368 g/mol. The zero-order valence-corrected chi connectivity index (χ0v) is 17.8. The molecule has 0 fully saturated rings. The fourth-order valence-electron chi connectivity index (χ4n) is 3.67. The third kappa shape index (κ3) is 4.65. The van der Waals surface area contributed by atoms with Crippen molar-refractivity contribution >= 4 is 0 Å². The number of allylic oxidation sites excluding steroid dienone is 2. The molecule has 0 amide bonds. The van der Waals surface area contributed by atoms with E-state index in [4.69, 9.17) is 9.47 Å². The van der Waals surface area contributed by atoms with Gasteiger partial charge in [0.2, 0.25) is 0 Å². The summed E-state index contributed by atoms with van der Waals surface area (Å²) in [7, 11) is 0. The lowest BCUT2D eigenvalue weighted by molar-refractivity contribution is 0.250. The van der Waals surface area contributed by atoms with Gasteiger partial charge in [-0.15, -0.1) is 0 Å². The highest BCUT2D eigenvalue weighted by molar-refractivity contribution is 5.44. The van der Waals surface area contributed by atoms with E-state index in [1.807, 2.05) is 54.6 Å². The van der Waals surface area contributed by atoms with Crippen LogP contribution in [0.4, 0.5) is 0 Å². The zero-order chi connectivity index (χ0) is 21.0. The Morgan fingerprint density at radius 2 is 1.40 bits per heavy atom. The molecule has 4 rings (SSSR count). The van der Waals surface area contributed by atoms with E-state index in [9.17, 15) is 0 Å². The summed E-state index contributed by atoms with van der Waals surface area (Å²) in [5.41, 5.74) is 3.71. The first kappa shape index (κ1) is 20.0. The number of benzene rings is 3. The summed E-state index contributed by atoms with van der Waals surface area (Å²) in [4.78, 5) is 0. The van der Waals surface area contributed by atoms with Crippen molar-refractivity contribution in [2.75, 3.05) is 0 Å². The number of rotatable bonds is 6. The molecule has 0 N–H and O–H groups in total. The van der Waals surface area contributed by atoms with Crippen LogP contribution in [-0.4, -0.2) is 6.10 Å². The van der Waals surface area contributed by atoms with E-state index in [1.54, 1.807) is 0 Å². The first-order chi connectivity index (χ1) is 14.5. The Bertz CT molecular complexity index is 1030. The molecular formula is C28H28O2. The van der Waals surface area contributed by atoms with E-state index in [0.29, 0.717) is 0 Å². The van der Waals surface area contributed by atoms with E-state index >= 15 is 0 Å². The Labute approximate surface area is 179 Å². The summed E-state index contributed by atoms with van der Waals surface area (Å²) in [6.07, 6.45) is 7.62. The fraction of sp³-hybridized carbons (Fsp3) is 0.214. The minimum Gasteiger partial charge on any atom is -0.486 e. The summed E-state index contributed by atoms with van der Waals surface area (Å²) < 4.78 is 12.0. The molecule has 0 bridgehead atoms. The summed E-state index contributed by atoms with van der Waals surface area (Å²) >= 11 is 0. The highest BCUT2D eigenvalue weighted by atomic mass is 16.5. The van der Waals surface area contributed by atoms with Gasteiger partial charge in [-0.3, -0.25) is 0 Å². The normalized spacial score (nSPS) is 16.1. The fourth-order valence-corrected chi connectivity index (χ4v) is 3.67. The highest BCUT2D eigenvalue weighted by Gasteiger charge is 2.26. The minimum atomic E-state index is -0.0867. The van der Waals surface area contributed by atoms with Gasteiger partial charge < -0.3 is 9.47 Å². The standard InChI is InChI=1S/C28H28O2/c1-21-9-15-25(16-10-21)30-27-19-13-23(14-20-27)28(2,3)22-11-17-26(18-12-22)29-24-7-5-4-6-8-24/h4-17,19-20,26H,18H2,1-3H3. The van der Waals surface area contributed by atoms with Crippen LogP contribution < -0.4 is 9.47 Å². The van der Waals surface area contributed by atoms with Crippen molar-refractivity contribution in [3.8, 4) is 17.2 Å². The van der Waals surface area contributed by atoms with Crippen molar-refractivity contribution in [3.05, 3.63) is 114 Å². The Balaban J connectivity index is 1.42. The third-order valence-corrected chi connectivity index (χ3v) is 5.65. The molecule has 1 aliphatic rings. The smallest absolute Gasteiger partial charge is 0.127 e. The van der Waals surface area contributed by atoms with E-state index in [0.717, 1.165) is 23.7 Å². The number of para-hydroxylation sites is 1. The molecule has 1 atom stereocenters. The van der Waals surface area contributed by atoms with Crippen LogP contribution in [-0.2, 0) is 5.41 Å². The molecule has 30 heavy (non-hydrogen) atoms. The Kier molecular flexibility index (Phi) is 5.76. The average Bonchev–Trinajstić information content (AvgIpc) is 2.77. The molecule has 0 aromatic heterocycles. The van der Waals surface area contributed by atoms with Gasteiger partial charge in [-0.2, -0.15) is 0 Å². The van der Waals surface area contributed by atoms with Crippen molar-refractivity contribution in [1.29, 1.82) is 0 Å². The lowest BCUT2D eigenvalue weighted by Gasteiger charge is -2.30. The topological polar surface area (TPSA) is 18.5 Å². The second kappa shape index (κ2) is 8.62. The summed E-state index contributed by atoms with van der Waals surface area (Å²) in [6, 6.07) is 26.5. The molecule has 0 radical (unpaired) electrons. The van der Waals surface area contributed by atoms with E-state index in [1.165, 1.54) is 16.7 Å². The minimum absolute atomic E-state index is 0.0808. The number of hydrogen-bond acceptors (Lipinski definition) is 2. The van der Waals surface area contributed by atoms with Gasteiger partial charge in [0.05, 0.1) is 0 Å².